The van der Waals surface area contributed by atoms with Crippen molar-refractivity contribution in [2.45, 2.75) is 49.1 Å². The predicted octanol–water partition coefficient (Wildman–Crippen LogP) is 4.62. The van der Waals surface area contributed by atoms with Crippen LogP contribution in [0.1, 0.15) is 44.6 Å². The second-order valence-corrected chi connectivity index (χ2v) is 8.32. The van der Waals surface area contributed by atoms with Crippen LogP contribution in [0.15, 0.2) is 30.3 Å². The third-order valence-electron chi connectivity index (χ3n) is 3.63. The molecule has 1 fully saturated rings. The van der Waals surface area contributed by atoms with Gasteiger partial charge in [0.1, 0.15) is 0 Å². The van der Waals surface area contributed by atoms with Crippen LogP contribution < -0.4 is 5.73 Å². The summed E-state index contributed by atoms with van der Waals surface area (Å²) in [5, 5.41) is 0. The number of nitrogens with two attached hydrogens (primary N) is 1. The first kappa shape index (κ1) is 15.3. The molecule has 1 aliphatic rings. The van der Waals surface area contributed by atoms with Gasteiger partial charge in [-0.15, -0.1) is 23.5 Å². The van der Waals surface area contributed by atoms with Crippen LogP contribution in [0, 0.1) is 0 Å². The van der Waals surface area contributed by atoms with E-state index in [-0.39, 0.29) is 4.08 Å². The number of thioether (sulfide) groups is 2. The molecule has 1 aliphatic heterocycles. The maximum atomic E-state index is 6.39. The number of hydrogen-bond acceptors (Lipinski definition) is 3. The van der Waals surface area contributed by atoms with Gasteiger partial charge in [-0.1, -0.05) is 50.1 Å². The van der Waals surface area contributed by atoms with Gasteiger partial charge in [0.15, 0.2) is 0 Å². The fraction of sp³-hybridized carbons (Fsp3) is 0.625. The average molecular weight is 296 g/mol. The molecular weight excluding hydrogens is 270 g/mol. The standard InChI is InChI=1S/C16H25NS2/c1-2-3-10-15(17)13-16(18-11-7-12-19-16)14-8-5-4-6-9-14/h4-6,8-9,15H,2-3,7,10-13,17H2,1H3/t15-/m0/s1. The van der Waals surface area contributed by atoms with Crippen molar-refractivity contribution in [3.8, 4) is 0 Å². The molecule has 1 aromatic carbocycles. The molecule has 0 aliphatic carbocycles. The summed E-state index contributed by atoms with van der Waals surface area (Å²) in [7, 11) is 0. The second kappa shape index (κ2) is 7.61. The monoisotopic (exact) mass is 295 g/mol. The van der Waals surface area contributed by atoms with Crippen molar-refractivity contribution in [3.63, 3.8) is 0 Å². The van der Waals surface area contributed by atoms with E-state index in [0.29, 0.717) is 6.04 Å². The van der Waals surface area contributed by atoms with Crippen LogP contribution in [-0.2, 0) is 4.08 Å². The Hall–Kier alpha value is -0.120. The SMILES string of the molecule is CCCC[C@H](N)CC1(c2ccccc2)SCCCS1. The van der Waals surface area contributed by atoms with Crippen LogP contribution in [0.5, 0.6) is 0 Å². The molecule has 1 heterocycles. The van der Waals surface area contributed by atoms with E-state index in [2.05, 4.69) is 60.8 Å². The Morgan fingerprint density at radius 3 is 2.53 bits per heavy atom. The van der Waals surface area contributed by atoms with Gasteiger partial charge in [0.05, 0.1) is 4.08 Å². The second-order valence-electron chi connectivity index (χ2n) is 5.28. The van der Waals surface area contributed by atoms with Crippen LogP contribution in [0.25, 0.3) is 0 Å². The van der Waals surface area contributed by atoms with Gasteiger partial charge in [0.25, 0.3) is 0 Å². The summed E-state index contributed by atoms with van der Waals surface area (Å²) in [6, 6.07) is 11.3. The Morgan fingerprint density at radius 2 is 1.89 bits per heavy atom. The van der Waals surface area contributed by atoms with Gasteiger partial charge >= 0.3 is 0 Å². The minimum atomic E-state index is 0.201. The molecular formula is C16H25NS2. The third-order valence-corrected chi connectivity index (χ3v) is 7.06. The summed E-state index contributed by atoms with van der Waals surface area (Å²) in [5.74, 6) is 2.53. The summed E-state index contributed by atoms with van der Waals surface area (Å²) in [6.45, 7) is 2.24. The average Bonchev–Trinajstić information content (AvgIpc) is 2.47. The zero-order chi connectivity index (χ0) is 13.6. The first-order valence-electron chi connectivity index (χ1n) is 7.36. The molecule has 106 valence electrons. The lowest BCUT2D eigenvalue weighted by Crippen LogP contribution is -2.32. The highest BCUT2D eigenvalue weighted by atomic mass is 32.2. The summed E-state index contributed by atoms with van der Waals surface area (Å²) in [6.07, 6.45) is 6.08. The Labute approximate surface area is 126 Å². The fourth-order valence-electron chi connectivity index (χ4n) is 2.58. The summed E-state index contributed by atoms with van der Waals surface area (Å²) in [5.41, 5.74) is 7.84. The van der Waals surface area contributed by atoms with Gasteiger partial charge in [0, 0.05) is 6.04 Å². The van der Waals surface area contributed by atoms with Gasteiger partial charge in [-0.25, -0.2) is 0 Å². The topological polar surface area (TPSA) is 26.0 Å². The Bertz CT molecular complexity index is 360. The first-order chi connectivity index (χ1) is 9.27. The molecule has 1 aromatic rings. The summed E-state index contributed by atoms with van der Waals surface area (Å²) < 4.78 is 0.201. The van der Waals surface area contributed by atoms with Crippen LogP contribution in [0.3, 0.4) is 0 Å². The highest BCUT2D eigenvalue weighted by Crippen LogP contribution is 2.53. The van der Waals surface area contributed by atoms with E-state index in [1.165, 1.54) is 36.3 Å². The Balaban J connectivity index is 2.11. The van der Waals surface area contributed by atoms with Crippen molar-refractivity contribution >= 4 is 23.5 Å². The number of unbranched alkanes of at least 4 members (excludes halogenated alkanes) is 1. The maximum Gasteiger partial charge on any atom is 0.0874 e. The first-order valence-corrected chi connectivity index (χ1v) is 9.33. The van der Waals surface area contributed by atoms with E-state index in [4.69, 9.17) is 5.73 Å². The van der Waals surface area contributed by atoms with Crippen LogP contribution in [0.4, 0.5) is 0 Å². The van der Waals surface area contributed by atoms with Gasteiger partial charge in [-0.05, 0) is 36.3 Å². The van der Waals surface area contributed by atoms with Gasteiger partial charge in [-0.3, -0.25) is 0 Å². The van der Waals surface area contributed by atoms with Crippen LogP contribution in [-0.4, -0.2) is 17.5 Å². The highest BCUT2D eigenvalue weighted by Gasteiger charge is 2.36. The normalized spacial score (nSPS) is 20.1. The fourth-order valence-corrected chi connectivity index (χ4v) is 6.10. The molecule has 1 atom stereocenters. The van der Waals surface area contributed by atoms with E-state index in [1.54, 1.807) is 0 Å². The largest absolute Gasteiger partial charge is 0.328 e. The minimum Gasteiger partial charge on any atom is -0.328 e. The van der Waals surface area contributed by atoms with Crippen molar-refractivity contribution in [1.29, 1.82) is 0 Å². The van der Waals surface area contributed by atoms with E-state index >= 15 is 0 Å². The number of benzene rings is 1. The Kier molecular flexibility index (Phi) is 6.11. The lowest BCUT2D eigenvalue weighted by Gasteiger charge is -2.38. The molecule has 1 saturated heterocycles. The summed E-state index contributed by atoms with van der Waals surface area (Å²) in [4.78, 5) is 0. The molecule has 3 heteroatoms. The lowest BCUT2D eigenvalue weighted by molar-refractivity contribution is 0.522. The Morgan fingerprint density at radius 1 is 1.21 bits per heavy atom. The van der Waals surface area contributed by atoms with Crippen LogP contribution >= 0.6 is 23.5 Å². The van der Waals surface area contributed by atoms with Crippen molar-refractivity contribution in [1.82, 2.24) is 0 Å². The number of rotatable bonds is 6. The molecule has 0 unspecified atom stereocenters. The molecule has 2 N–H and O–H groups in total. The predicted molar refractivity (Wildman–Crippen MR) is 89.8 cm³/mol. The maximum absolute atomic E-state index is 6.39. The van der Waals surface area contributed by atoms with Gasteiger partial charge in [-0.2, -0.15) is 0 Å². The minimum absolute atomic E-state index is 0.201. The molecule has 0 bridgehead atoms. The number of hydrogen-bond donors (Lipinski definition) is 1. The summed E-state index contributed by atoms with van der Waals surface area (Å²) >= 11 is 4.22. The zero-order valence-electron chi connectivity index (χ0n) is 11.8. The molecule has 0 saturated carbocycles. The van der Waals surface area contributed by atoms with E-state index < -0.39 is 0 Å². The van der Waals surface area contributed by atoms with Crippen molar-refractivity contribution < 1.29 is 0 Å². The van der Waals surface area contributed by atoms with E-state index in [0.717, 1.165) is 12.8 Å². The smallest absolute Gasteiger partial charge is 0.0874 e. The molecule has 0 spiro atoms. The zero-order valence-corrected chi connectivity index (χ0v) is 13.4. The quantitative estimate of drug-likeness (QED) is 0.829. The molecule has 0 radical (unpaired) electrons. The third kappa shape index (κ3) is 4.17. The molecule has 2 rings (SSSR count). The van der Waals surface area contributed by atoms with Gasteiger partial charge < -0.3 is 5.73 Å². The van der Waals surface area contributed by atoms with Crippen molar-refractivity contribution in [2.75, 3.05) is 11.5 Å². The molecule has 19 heavy (non-hydrogen) atoms. The van der Waals surface area contributed by atoms with E-state index in [1.807, 2.05) is 0 Å². The molecule has 0 aromatic heterocycles. The lowest BCUT2D eigenvalue weighted by atomic mass is 10.0. The van der Waals surface area contributed by atoms with E-state index in [9.17, 15) is 0 Å². The van der Waals surface area contributed by atoms with Crippen LogP contribution in [0.2, 0.25) is 0 Å². The van der Waals surface area contributed by atoms with Gasteiger partial charge in [0.2, 0.25) is 0 Å². The highest BCUT2D eigenvalue weighted by molar-refractivity contribution is 8.18. The van der Waals surface area contributed by atoms with Crippen molar-refractivity contribution in [2.24, 2.45) is 5.73 Å². The van der Waals surface area contributed by atoms with Crippen molar-refractivity contribution in [3.05, 3.63) is 35.9 Å². The molecule has 1 nitrogen and oxygen atoms in total. The molecule has 0 amide bonds.